The van der Waals surface area contributed by atoms with Crippen LogP contribution in [0.25, 0.3) is 0 Å². The van der Waals surface area contributed by atoms with Crippen molar-refractivity contribution >= 4 is 10.0 Å². The molecule has 0 aliphatic rings. The number of benzene rings is 1. The van der Waals surface area contributed by atoms with Gasteiger partial charge in [-0.25, -0.2) is 8.42 Å². The third kappa shape index (κ3) is 2.91. The summed E-state index contributed by atoms with van der Waals surface area (Å²) in [6, 6.07) is 5.32. The molecule has 0 radical (unpaired) electrons. The van der Waals surface area contributed by atoms with Crippen LogP contribution in [0.1, 0.15) is 31.4 Å². The summed E-state index contributed by atoms with van der Waals surface area (Å²) in [6.45, 7) is 6.02. The second-order valence-electron chi connectivity index (χ2n) is 4.58. The van der Waals surface area contributed by atoms with E-state index in [2.05, 4.69) is 0 Å². The van der Waals surface area contributed by atoms with E-state index >= 15 is 0 Å². The molecule has 4 nitrogen and oxygen atoms in total. The summed E-state index contributed by atoms with van der Waals surface area (Å²) in [7, 11) is -1.81. The van der Waals surface area contributed by atoms with Gasteiger partial charge < -0.3 is 5.73 Å². The van der Waals surface area contributed by atoms with Crippen LogP contribution in [0.3, 0.4) is 0 Å². The fourth-order valence-electron chi connectivity index (χ4n) is 1.70. The Kier molecular flexibility index (Phi) is 4.90. The van der Waals surface area contributed by atoms with E-state index in [0.717, 1.165) is 17.5 Å². The standard InChI is InChI=1S/C13H22N2O2S/c1-5-11(3)15(4)18(16,17)13-8-12(9-14)7-6-10(13)2/h6-8,11H,5,9,14H2,1-4H3. The minimum absolute atomic E-state index is 0.0177. The highest BCUT2D eigenvalue weighted by atomic mass is 32.2. The molecular weight excluding hydrogens is 248 g/mol. The molecule has 0 spiro atoms. The molecule has 0 fully saturated rings. The molecule has 2 N–H and O–H groups in total. The minimum atomic E-state index is -3.44. The fraction of sp³-hybridized carbons (Fsp3) is 0.538. The van der Waals surface area contributed by atoms with Gasteiger partial charge in [0.05, 0.1) is 4.90 Å². The van der Waals surface area contributed by atoms with Gasteiger partial charge in [0.1, 0.15) is 0 Å². The molecule has 1 aromatic carbocycles. The van der Waals surface area contributed by atoms with Gasteiger partial charge in [-0.1, -0.05) is 19.1 Å². The zero-order chi connectivity index (χ0) is 13.9. The molecule has 0 saturated carbocycles. The van der Waals surface area contributed by atoms with Crippen molar-refractivity contribution in [2.75, 3.05) is 7.05 Å². The van der Waals surface area contributed by atoms with Crippen LogP contribution >= 0.6 is 0 Å². The lowest BCUT2D eigenvalue weighted by atomic mass is 10.1. The Balaban J connectivity index is 3.27. The minimum Gasteiger partial charge on any atom is -0.326 e. The summed E-state index contributed by atoms with van der Waals surface area (Å²) in [4.78, 5) is 0.355. The highest BCUT2D eigenvalue weighted by Crippen LogP contribution is 2.22. The van der Waals surface area contributed by atoms with Crippen molar-refractivity contribution in [1.82, 2.24) is 4.31 Å². The molecule has 0 aromatic heterocycles. The van der Waals surface area contributed by atoms with Crippen LogP contribution in [0.5, 0.6) is 0 Å². The smallest absolute Gasteiger partial charge is 0.243 e. The third-order valence-corrected chi connectivity index (χ3v) is 5.47. The first-order valence-electron chi connectivity index (χ1n) is 6.12. The van der Waals surface area contributed by atoms with Crippen LogP contribution in [0.2, 0.25) is 0 Å². The van der Waals surface area contributed by atoms with Gasteiger partial charge in [0.15, 0.2) is 0 Å². The Labute approximate surface area is 110 Å². The van der Waals surface area contributed by atoms with E-state index < -0.39 is 10.0 Å². The van der Waals surface area contributed by atoms with E-state index in [1.54, 1.807) is 26.1 Å². The molecule has 0 heterocycles. The van der Waals surface area contributed by atoms with Gasteiger partial charge >= 0.3 is 0 Å². The average Bonchev–Trinajstić information content (AvgIpc) is 2.37. The van der Waals surface area contributed by atoms with Gasteiger partial charge in [-0.2, -0.15) is 4.31 Å². The van der Waals surface area contributed by atoms with Gasteiger partial charge in [-0.05, 0) is 37.5 Å². The number of sulfonamides is 1. The monoisotopic (exact) mass is 270 g/mol. The Morgan fingerprint density at radius 2 is 2.00 bits per heavy atom. The molecule has 1 rings (SSSR count). The molecule has 0 amide bonds. The number of nitrogens with zero attached hydrogens (tertiary/aromatic N) is 1. The summed E-state index contributed by atoms with van der Waals surface area (Å²) < 4.78 is 26.4. The maximum atomic E-state index is 12.5. The van der Waals surface area contributed by atoms with Crippen molar-refractivity contribution in [3.8, 4) is 0 Å². The Bertz CT molecular complexity index is 512. The van der Waals surface area contributed by atoms with E-state index in [9.17, 15) is 8.42 Å². The van der Waals surface area contributed by atoms with Crippen LogP contribution in [0.4, 0.5) is 0 Å². The predicted octanol–water partition coefficient (Wildman–Crippen LogP) is 1.87. The topological polar surface area (TPSA) is 63.4 Å². The largest absolute Gasteiger partial charge is 0.326 e. The SMILES string of the molecule is CCC(C)N(C)S(=O)(=O)c1cc(CN)ccc1C. The van der Waals surface area contributed by atoms with Gasteiger partial charge in [0.2, 0.25) is 10.0 Å². The first-order chi connectivity index (χ1) is 8.34. The van der Waals surface area contributed by atoms with Crippen molar-refractivity contribution in [3.05, 3.63) is 29.3 Å². The van der Waals surface area contributed by atoms with Crippen molar-refractivity contribution in [3.63, 3.8) is 0 Å². The van der Waals surface area contributed by atoms with E-state index in [1.165, 1.54) is 4.31 Å². The quantitative estimate of drug-likeness (QED) is 0.888. The molecule has 0 aliphatic carbocycles. The second-order valence-corrected chi connectivity index (χ2v) is 6.55. The van der Waals surface area contributed by atoms with E-state index in [-0.39, 0.29) is 6.04 Å². The molecule has 102 valence electrons. The average molecular weight is 270 g/mol. The number of rotatable bonds is 5. The summed E-state index contributed by atoms with van der Waals surface area (Å²) in [6.07, 6.45) is 0.783. The van der Waals surface area contributed by atoms with Gasteiger partial charge in [-0.15, -0.1) is 0 Å². The zero-order valence-electron chi connectivity index (χ0n) is 11.5. The third-order valence-electron chi connectivity index (χ3n) is 3.36. The summed E-state index contributed by atoms with van der Waals surface area (Å²) in [5, 5.41) is 0. The first kappa shape index (κ1) is 15.1. The van der Waals surface area contributed by atoms with Crippen LogP contribution in [-0.2, 0) is 16.6 Å². The van der Waals surface area contributed by atoms with Crippen LogP contribution in [0.15, 0.2) is 23.1 Å². The Morgan fingerprint density at radius 3 is 2.50 bits per heavy atom. The fourth-order valence-corrected chi connectivity index (χ4v) is 3.41. The molecular formula is C13H22N2O2S. The van der Waals surface area contributed by atoms with Gasteiger partial charge in [0.25, 0.3) is 0 Å². The normalized spacial score (nSPS) is 13.9. The summed E-state index contributed by atoms with van der Waals surface area (Å²) in [5.41, 5.74) is 7.15. The van der Waals surface area contributed by atoms with Crippen LogP contribution in [0, 0.1) is 6.92 Å². The molecule has 0 saturated heterocycles. The predicted molar refractivity (Wildman–Crippen MR) is 73.8 cm³/mol. The lowest BCUT2D eigenvalue weighted by Gasteiger charge is -2.24. The zero-order valence-corrected chi connectivity index (χ0v) is 12.3. The molecule has 1 unspecified atom stereocenters. The van der Waals surface area contributed by atoms with E-state index in [0.29, 0.717) is 11.4 Å². The van der Waals surface area contributed by atoms with Crippen molar-refractivity contribution < 1.29 is 8.42 Å². The highest BCUT2D eigenvalue weighted by Gasteiger charge is 2.26. The Hall–Kier alpha value is -0.910. The van der Waals surface area contributed by atoms with Gasteiger partial charge in [0, 0.05) is 19.6 Å². The van der Waals surface area contributed by atoms with E-state index in [4.69, 9.17) is 5.73 Å². The maximum absolute atomic E-state index is 12.5. The molecule has 1 atom stereocenters. The maximum Gasteiger partial charge on any atom is 0.243 e. The number of aryl methyl sites for hydroxylation is 1. The molecule has 0 aliphatic heterocycles. The number of nitrogens with two attached hydrogens (primary N) is 1. The number of hydrogen-bond acceptors (Lipinski definition) is 3. The first-order valence-corrected chi connectivity index (χ1v) is 7.56. The van der Waals surface area contributed by atoms with Gasteiger partial charge in [-0.3, -0.25) is 0 Å². The highest BCUT2D eigenvalue weighted by molar-refractivity contribution is 7.89. The summed E-state index contributed by atoms with van der Waals surface area (Å²) >= 11 is 0. The van der Waals surface area contributed by atoms with Crippen molar-refractivity contribution in [2.24, 2.45) is 5.73 Å². The van der Waals surface area contributed by atoms with Crippen LogP contribution in [-0.4, -0.2) is 25.8 Å². The molecule has 5 heteroatoms. The second kappa shape index (κ2) is 5.82. The molecule has 0 bridgehead atoms. The van der Waals surface area contributed by atoms with E-state index in [1.807, 2.05) is 19.9 Å². The van der Waals surface area contributed by atoms with Crippen molar-refractivity contribution in [1.29, 1.82) is 0 Å². The number of hydrogen-bond donors (Lipinski definition) is 1. The lowest BCUT2D eigenvalue weighted by molar-refractivity contribution is 0.380. The molecule has 18 heavy (non-hydrogen) atoms. The summed E-state index contributed by atoms with van der Waals surface area (Å²) in [5.74, 6) is 0. The lowest BCUT2D eigenvalue weighted by Crippen LogP contribution is -2.35. The van der Waals surface area contributed by atoms with Crippen molar-refractivity contribution in [2.45, 2.75) is 44.7 Å². The Morgan fingerprint density at radius 1 is 1.39 bits per heavy atom. The molecule has 1 aromatic rings. The van der Waals surface area contributed by atoms with Crippen LogP contribution < -0.4 is 5.73 Å².